The molecule has 0 aliphatic heterocycles. The monoisotopic (exact) mass is 499 g/mol. The number of halogens is 3. The van der Waals surface area contributed by atoms with Gasteiger partial charge in [-0.05, 0) is 53.3 Å². The van der Waals surface area contributed by atoms with Crippen molar-refractivity contribution in [1.82, 2.24) is 10.5 Å². The Balaban J connectivity index is 1.72. The van der Waals surface area contributed by atoms with Crippen LogP contribution < -0.4 is 10.8 Å². The topological polar surface area (TPSA) is 80.3 Å². The summed E-state index contributed by atoms with van der Waals surface area (Å²) < 4.78 is 38.5. The van der Waals surface area contributed by atoms with Gasteiger partial charge in [-0.3, -0.25) is 4.79 Å². The smallest absolute Gasteiger partial charge is 0.363 e. The van der Waals surface area contributed by atoms with Crippen molar-refractivity contribution in [3.05, 3.63) is 83.6 Å². The predicted molar refractivity (Wildman–Crippen MR) is 131 cm³/mol. The molecular weight excluding hydrogens is 471 g/mol. The van der Waals surface area contributed by atoms with E-state index in [1.807, 2.05) is 24.3 Å². The number of anilines is 1. The molecule has 190 valence electrons. The largest absolute Gasteiger partial charge is 0.416 e. The molecule has 36 heavy (non-hydrogen) atoms. The molecule has 0 radical (unpaired) electrons. The molecule has 6 nitrogen and oxygen atoms in total. The molecule has 3 aromatic rings. The van der Waals surface area contributed by atoms with E-state index in [1.165, 1.54) is 18.3 Å². The van der Waals surface area contributed by atoms with Gasteiger partial charge in [0.05, 0.1) is 17.2 Å². The molecule has 0 bridgehead atoms. The quantitative estimate of drug-likeness (QED) is 0.343. The third-order valence-electron chi connectivity index (χ3n) is 5.46. The Morgan fingerprint density at radius 1 is 0.944 bits per heavy atom. The van der Waals surface area contributed by atoms with Crippen LogP contribution in [-0.2, 0) is 15.8 Å². The first kappa shape index (κ1) is 26.7. The van der Waals surface area contributed by atoms with Crippen molar-refractivity contribution in [2.45, 2.75) is 45.8 Å². The Labute approximate surface area is 207 Å². The zero-order valence-electron chi connectivity index (χ0n) is 20.2. The summed E-state index contributed by atoms with van der Waals surface area (Å²) in [7, 11) is 0. The van der Waals surface area contributed by atoms with Gasteiger partial charge in [-0.25, -0.2) is 9.78 Å². The maximum atomic E-state index is 12.8. The van der Waals surface area contributed by atoms with Crippen molar-refractivity contribution >= 4 is 17.7 Å². The summed E-state index contributed by atoms with van der Waals surface area (Å²) >= 11 is 0. The second-order valence-electron chi connectivity index (χ2n) is 8.71. The van der Waals surface area contributed by atoms with E-state index in [4.69, 9.17) is 0 Å². The van der Waals surface area contributed by atoms with Crippen LogP contribution in [0, 0.1) is 5.92 Å². The molecule has 0 aliphatic rings. The SMILES string of the molecule is CCC(=O)ONC(=O)c1ccc(NC(CC(C)C)c2ccc(-c3ccc(C(F)(F)F)cc3)cc2)nc1. The van der Waals surface area contributed by atoms with Crippen molar-refractivity contribution in [3.8, 4) is 11.1 Å². The number of nitrogens with zero attached hydrogens (tertiary/aromatic N) is 1. The van der Waals surface area contributed by atoms with Crippen molar-refractivity contribution in [3.63, 3.8) is 0 Å². The molecule has 0 aliphatic carbocycles. The van der Waals surface area contributed by atoms with Crippen LogP contribution in [0.2, 0.25) is 0 Å². The molecule has 0 saturated carbocycles. The third-order valence-corrected chi connectivity index (χ3v) is 5.46. The highest BCUT2D eigenvalue weighted by Gasteiger charge is 2.30. The number of carbonyl (C=O) groups is 2. The van der Waals surface area contributed by atoms with Gasteiger partial charge < -0.3 is 10.2 Å². The number of aromatic nitrogens is 1. The van der Waals surface area contributed by atoms with Crippen molar-refractivity contribution in [2.75, 3.05) is 5.32 Å². The predicted octanol–water partition coefficient (Wildman–Crippen LogP) is 6.56. The lowest BCUT2D eigenvalue weighted by molar-refractivity contribution is -0.148. The summed E-state index contributed by atoms with van der Waals surface area (Å²) in [6, 6.07) is 15.9. The van der Waals surface area contributed by atoms with E-state index < -0.39 is 23.6 Å². The molecule has 2 aromatic carbocycles. The standard InChI is InChI=1S/C27H28F3N3O3/c1-4-25(34)36-33-26(35)21-11-14-24(31-16-21)32-23(15-17(2)3)20-7-5-18(6-8-20)19-9-12-22(13-10-19)27(28,29)30/h5-14,16-17,23H,4,15H2,1-3H3,(H,31,32)(H,33,35). The first-order valence-electron chi connectivity index (χ1n) is 11.6. The number of nitrogens with one attached hydrogen (secondary N) is 2. The molecule has 0 spiro atoms. The summed E-state index contributed by atoms with van der Waals surface area (Å²) in [6.45, 7) is 5.82. The number of carbonyl (C=O) groups excluding carboxylic acids is 2. The van der Waals surface area contributed by atoms with E-state index in [9.17, 15) is 22.8 Å². The Morgan fingerprint density at radius 3 is 2.06 bits per heavy atom. The zero-order valence-corrected chi connectivity index (χ0v) is 20.2. The highest BCUT2D eigenvalue weighted by molar-refractivity contribution is 5.94. The van der Waals surface area contributed by atoms with Gasteiger partial charge in [0.1, 0.15) is 5.82 Å². The maximum Gasteiger partial charge on any atom is 0.416 e. The molecule has 2 N–H and O–H groups in total. The van der Waals surface area contributed by atoms with Crippen molar-refractivity contribution < 1.29 is 27.6 Å². The summed E-state index contributed by atoms with van der Waals surface area (Å²) in [5.74, 6) is -0.186. The van der Waals surface area contributed by atoms with Crippen LogP contribution in [-0.4, -0.2) is 16.9 Å². The highest BCUT2D eigenvalue weighted by atomic mass is 19.4. The van der Waals surface area contributed by atoms with Crippen LogP contribution in [0.1, 0.15) is 61.1 Å². The minimum Gasteiger partial charge on any atom is -0.363 e. The maximum absolute atomic E-state index is 12.8. The van der Waals surface area contributed by atoms with E-state index in [-0.39, 0.29) is 18.0 Å². The van der Waals surface area contributed by atoms with Crippen LogP contribution in [0.3, 0.4) is 0 Å². The van der Waals surface area contributed by atoms with Gasteiger partial charge in [-0.1, -0.05) is 57.2 Å². The number of hydroxylamine groups is 1. The van der Waals surface area contributed by atoms with Crippen LogP contribution in [0.4, 0.5) is 19.0 Å². The average molecular weight is 500 g/mol. The lowest BCUT2D eigenvalue weighted by atomic mass is 9.95. The van der Waals surface area contributed by atoms with Crippen LogP contribution in [0.5, 0.6) is 0 Å². The Bertz CT molecular complexity index is 1160. The molecule has 1 amide bonds. The molecule has 1 atom stereocenters. The number of alkyl halides is 3. The molecule has 1 aromatic heterocycles. The lowest BCUT2D eigenvalue weighted by Crippen LogP contribution is -2.26. The number of benzene rings is 2. The number of hydrogen-bond acceptors (Lipinski definition) is 5. The average Bonchev–Trinajstić information content (AvgIpc) is 2.86. The fraction of sp³-hybridized carbons (Fsp3) is 0.296. The van der Waals surface area contributed by atoms with E-state index in [1.54, 1.807) is 19.1 Å². The second kappa shape index (κ2) is 11.7. The van der Waals surface area contributed by atoms with Gasteiger partial charge in [0, 0.05) is 12.6 Å². The molecule has 0 saturated heterocycles. The molecule has 1 unspecified atom stereocenters. The van der Waals surface area contributed by atoms with Gasteiger partial charge in [-0.2, -0.15) is 18.7 Å². The van der Waals surface area contributed by atoms with Gasteiger partial charge in [0.2, 0.25) is 0 Å². The Kier molecular flexibility index (Phi) is 8.68. The number of hydrogen-bond donors (Lipinski definition) is 2. The van der Waals surface area contributed by atoms with Gasteiger partial charge >= 0.3 is 12.1 Å². The second-order valence-corrected chi connectivity index (χ2v) is 8.71. The summed E-state index contributed by atoms with van der Waals surface area (Å²) in [5.41, 5.74) is 4.15. The van der Waals surface area contributed by atoms with Gasteiger partial charge in [-0.15, -0.1) is 0 Å². The molecule has 0 fully saturated rings. The van der Waals surface area contributed by atoms with Gasteiger partial charge in [0.25, 0.3) is 5.91 Å². The minimum absolute atomic E-state index is 0.0793. The first-order valence-corrected chi connectivity index (χ1v) is 11.6. The molecule has 9 heteroatoms. The number of pyridine rings is 1. The Hall–Kier alpha value is -3.88. The summed E-state index contributed by atoms with van der Waals surface area (Å²) in [6.07, 6.45) is -2.03. The van der Waals surface area contributed by atoms with Crippen LogP contribution in [0.25, 0.3) is 11.1 Å². The van der Waals surface area contributed by atoms with Crippen molar-refractivity contribution in [2.24, 2.45) is 5.92 Å². The first-order chi connectivity index (χ1) is 17.1. The zero-order chi connectivity index (χ0) is 26.3. The van der Waals surface area contributed by atoms with Crippen LogP contribution >= 0.6 is 0 Å². The number of amides is 1. The van der Waals surface area contributed by atoms with Gasteiger partial charge in [0.15, 0.2) is 0 Å². The van der Waals surface area contributed by atoms with E-state index in [0.29, 0.717) is 17.3 Å². The van der Waals surface area contributed by atoms with Crippen LogP contribution in [0.15, 0.2) is 66.9 Å². The lowest BCUT2D eigenvalue weighted by Gasteiger charge is -2.22. The number of rotatable bonds is 8. The normalized spacial score (nSPS) is 12.2. The van der Waals surface area contributed by atoms with E-state index >= 15 is 0 Å². The minimum atomic E-state index is -4.37. The van der Waals surface area contributed by atoms with E-state index in [0.717, 1.165) is 29.7 Å². The van der Waals surface area contributed by atoms with E-state index in [2.05, 4.69) is 34.5 Å². The third kappa shape index (κ3) is 7.31. The fourth-order valence-electron chi connectivity index (χ4n) is 3.54. The van der Waals surface area contributed by atoms with Crippen molar-refractivity contribution in [1.29, 1.82) is 0 Å². The fourth-order valence-corrected chi connectivity index (χ4v) is 3.54. The molecule has 3 rings (SSSR count). The highest BCUT2D eigenvalue weighted by Crippen LogP contribution is 2.32. The Morgan fingerprint density at radius 2 is 1.56 bits per heavy atom. The molecule has 1 heterocycles. The summed E-state index contributed by atoms with van der Waals surface area (Å²) in [5, 5.41) is 3.38. The summed E-state index contributed by atoms with van der Waals surface area (Å²) in [4.78, 5) is 32.2. The molecular formula is C27H28F3N3O3.